The molecule has 0 saturated carbocycles. The van der Waals surface area contributed by atoms with Crippen LogP contribution in [0.1, 0.15) is 17.0 Å². The molecule has 6 aromatic carbocycles. The summed E-state index contributed by atoms with van der Waals surface area (Å²) in [6.45, 7) is 2.59. The summed E-state index contributed by atoms with van der Waals surface area (Å²) < 4.78 is 23.2. The van der Waals surface area contributed by atoms with Crippen molar-refractivity contribution in [3.05, 3.63) is 193 Å². The van der Waals surface area contributed by atoms with Crippen molar-refractivity contribution in [3.8, 4) is 45.6 Å². The molecule has 0 amide bonds. The van der Waals surface area contributed by atoms with Gasteiger partial charge in [-0.2, -0.15) is 17.2 Å². The van der Waals surface area contributed by atoms with Crippen molar-refractivity contribution in [2.45, 2.75) is 20.1 Å². The van der Waals surface area contributed by atoms with Crippen LogP contribution in [0, 0.1) is 19.1 Å². The predicted octanol–water partition coefficient (Wildman–Crippen LogP) is 10.9. The second kappa shape index (κ2) is 15.9. The molecule has 0 spiro atoms. The number of aromatic nitrogens is 4. The topological polar surface area (TPSA) is 63.3 Å². The standard InChI is InChI=1S/C47H34N4O3.Pt/c1-33-26-27-48-46(28-33)50-43-23-12-11-22-40(43)41-25-24-39(30-44(41)50)54-38-21-13-16-35(29-38)51-45(32-53-37-19-9-4-10-20-37)47(34-14-5-2-6-15-34)42(49-51)31-52-36-17-7-3-8-18-36;/h2-28H,31-32H2,1H3;/q-2;+2. The van der Waals surface area contributed by atoms with E-state index in [9.17, 15) is 0 Å². The summed E-state index contributed by atoms with van der Waals surface area (Å²) in [5.41, 5.74) is 7.34. The van der Waals surface area contributed by atoms with E-state index in [1.165, 1.54) is 0 Å². The van der Waals surface area contributed by atoms with Crippen LogP contribution in [-0.2, 0) is 34.3 Å². The molecule has 0 bridgehead atoms. The van der Waals surface area contributed by atoms with Gasteiger partial charge < -0.3 is 18.8 Å². The number of hydrogen-bond acceptors (Lipinski definition) is 5. The molecule has 9 rings (SSSR count). The Balaban J connectivity index is 0.00000427. The monoisotopic (exact) mass is 897 g/mol. The SMILES string of the molecule is Cc1ccnc(-n2c3[c-]c(Oc4[c-]c(-n5nc(COc6ccccc6)c(-c6ccccc6)c5COc5ccccc5)ccc4)ccc3c3ccccc32)c1.[Pt+2]. The molecule has 0 aliphatic rings. The van der Waals surface area contributed by atoms with Gasteiger partial charge in [0.15, 0.2) is 0 Å². The third kappa shape index (κ3) is 7.40. The number of pyridine rings is 1. The summed E-state index contributed by atoms with van der Waals surface area (Å²) in [6, 6.07) is 59.1. The maximum absolute atomic E-state index is 6.51. The zero-order valence-electron chi connectivity index (χ0n) is 29.8. The molecule has 0 unspecified atom stereocenters. The number of rotatable bonds is 11. The van der Waals surface area contributed by atoms with Crippen molar-refractivity contribution in [3.63, 3.8) is 0 Å². The van der Waals surface area contributed by atoms with Gasteiger partial charge in [0.1, 0.15) is 36.2 Å². The Morgan fingerprint density at radius 1 is 0.618 bits per heavy atom. The Labute approximate surface area is 333 Å². The molecule has 55 heavy (non-hydrogen) atoms. The third-order valence-corrected chi connectivity index (χ3v) is 9.24. The van der Waals surface area contributed by atoms with Gasteiger partial charge in [0.2, 0.25) is 0 Å². The average molecular weight is 898 g/mol. The summed E-state index contributed by atoms with van der Waals surface area (Å²) in [4.78, 5) is 4.71. The first-order valence-corrected chi connectivity index (χ1v) is 17.8. The number of aryl methyl sites for hydroxylation is 1. The van der Waals surface area contributed by atoms with Gasteiger partial charge in [-0.1, -0.05) is 90.4 Å². The quantitative estimate of drug-likeness (QED) is 0.121. The van der Waals surface area contributed by atoms with Crippen LogP contribution in [0.5, 0.6) is 23.0 Å². The van der Waals surface area contributed by atoms with Crippen LogP contribution < -0.4 is 14.2 Å². The molecule has 0 fully saturated rings. The second-order valence-corrected chi connectivity index (χ2v) is 12.9. The van der Waals surface area contributed by atoms with E-state index in [0.29, 0.717) is 17.2 Å². The summed E-state index contributed by atoms with van der Waals surface area (Å²) >= 11 is 0. The molecule has 9 aromatic rings. The summed E-state index contributed by atoms with van der Waals surface area (Å²) in [5.74, 6) is 3.43. The molecule has 7 nitrogen and oxygen atoms in total. The number of hydrogen-bond donors (Lipinski definition) is 0. The second-order valence-electron chi connectivity index (χ2n) is 12.9. The zero-order valence-corrected chi connectivity index (χ0v) is 32.1. The molecule has 0 aliphatic carbocycles. The van der Waals surface area contributed by atoms with Gasteiger partial charge in [-0.3, -0.25) is 4.68 Å². The van der Waals surface area contributed by atoms with Crippen molar-refractivity contribution in [1.29, 1.82) is 0 Å². The minimum Gasteiger partial charge on any atom is -0.509 e. The Morgan fingerprint density at radius 2 is 1.29 bits per heavy atom. The van der Waals surface area contributed by atoms with Crippen LogP contribution in [-0.4, -0.2) is 19.3 Å². The zero-order chi connectivity index (χ0) is 36.3. The van der Waals surface area contributed by atoms with Gasteiger partial charge in [0.05, 0.1) is 5.69 Å². The molecule has 0 atom stereocenters. The van der Waals surface area contributed by atoms with E-state index in [4.69, 9.17) is 24.3 Å². The largest absolute Gasteiger partial charge is 2.00 e. The van der Waals surface area contributed by atoms with Gasteiger partial charge in [-0.25, -0.2) is 4.98 Å². The van der Waals surface area contributed by atoms with Crippen LogP contribution in [0.4, 0.5) is 0 Å². The molecule has 0 N–H and O–H groups in total. The van der Waals surface area contributed by atoms with Crippen molar-refractivity contribution < 1.29 is 35.3 Å². The van der Waals surface area contributed by atoms with Gasteiger partial charge in [0.25, 0.3) is 0 Å². The minimum absolute atomic E-state index is 0. The fourth-order valence-electron chi connectivity index (χ4n) is 6.76. The number of para-hydroxylation sites is 3. The van der Waals surface area contributed by atoms with E-state index in [1.54, 1.807) is 0 Å². The summed E-state index contributed by atoms with van der Waals surface area (Å²) in [5, 5.41) is 7.35. The first kappa shape index (κ1) is 35.6. The Bertz CT molecular complexity index is 2710. The van der Waals surface area contributed by atoms with Crippen molar-refractivity contribution in [1.82, 2.24) is 19.3 Å². The first-order chi connectivity index (χ1) is 26.7. The fraction of sp³-hybridized carbons (Fsp3) is 0.0638. The van der Waals surface area contributed by atoms with E-state index in [1.807, 2.05) is 126 Å². The smallest absolute Gasteiger partial charge is 0.509 e. The number of benzene rings is 6. The van der Waals surface area contributed by atoms with Crippen LogP contribution in [0.2, 0.25) is 0 Å². The van der Waals surface area contributed by atoms with Crippen molar-refractivity contribution in [2.75, 3.05) is 0 Å². The number of nitrogens with zero attached hydrogens (tertiary/aromatic N) is 4. The van der Waals surface area contributed by atoms with Crippen LogP contribution in [0.25, 0.3) is 44.4 Å². The Hall–Kier alpha value is -6.43. The Kier molecular flexibility index (Phi) is 10.3. The third-order valence-electron chi connectivity index (χ3n) is 9.24. The number of fused-ring (bicyclic) bond motifs is 3. The van der Waals surface area contributed by atoms with Crippen LogP contribution >= 0.6 is 0 Å². The number of ether oxygens (including phenoxy) is 3. The van der Waals surface area contributed by atoms with Crippen molar-refractivity contribution >= 4 is 21.8 Å². The fourth-order valence-corrected chi connectivity index (χ4v) is 6.76. The molecular formula is C47H34N4O3Pt. The molecule has 0 saturated heterocycles. The maximum atomic E-state index is 6.51. The first-order valence-electron chi connectivity index (χ1n) is 17.8. The van der Waals surface area contributed by atoms with E-state index < -0.39 is 0 Å². The predicted molar refractivity (Wildman–Crippen MR) is 212 cm³/mol. The van der Waals surface area contributed by atoms with E-state index in [2.05, 4.69) is 66.1 Å². The van der Waals surface area contributed by atoms with Crippen LogP contribution in [0.3, 0.4) is 0 Å². The molecule has 8 heteroatoms. The molecule has 3 aromatic heterocycles. The van der Waals surface area contributed by atoms with E-state index in [-0.39, 0.29) is 34.3 Å². The molecule has 0 radical (unpaired) electrons. The molecular weight excluding hydrogens is 864 g/mol. The van der Waals surface area contributed by atoms with E-state index in [0.717, 1.165) is 67.2 Å². The average Bonchev–Trinajstić information content (AvgIpc) is 3.76. The van der Waals surface area contributed by atoms with Crippen LogP contribution in [0.15, 0.2) is 164 Å². The van der Waals surface area contributed by atoms with Gasteiger partial charge in [-0.05, 0) is 71.6 Å². The Morgan fingerprint density at radius 3 is 2.04 bits per heavy atom. The van der Waals surface area contributed by atoms with Crippen molar-refractivity contribution in [2.24, 2.45) is 0 Å². The van der Waals surface area contributed by atoms with Gasteiger partial charge in [0, 0.05) is 28.8 Å². The molecule has 3 heterocycles. The van der Waals surface area contributed by atoms with E-state index >= 15 is 0 Å². The minimum atomic E-state index is 0. The van der Waals surface area contributed by atoms with Gasteiger partial charge >= 0.3 is 21.1 Å². The van der Waals surface area contributed by atoms with Gasteiger partial charge in [-0.15, -0.1) is 35.7 Å². The summed E-state index contributed by atoms with van der Waals surface area (Å²) in [7, 11) is 0. The normalized spacial score (nSPS) is 11.0. The summed E-state index contributed by atoms with van der Waals surface area (Å²) in [6.07, 6.45) is 1.84. The maximum Gasteiger partial charge on any atom is 2.00 e. The molecule has 270 valence electrons. The molecule has 0 aliphatic heterocycles.